The van der Waals surface area contributed by atoms with Crippen LogP contribution in [0.3, 0.4) is 0 Å². The lowest BCUT2D eigenvalue weighted by atomic mass is 10.3. The van der Waals surface area contributed by atoms with Crippen molar-refractivity contribution in [2.45, 2.75) is 19.4 Å². The number of thiazole rings is 1. The van der Waals surface area contributed by atoms with Crippen molar-refractivity contribution < 1.29 is 5.11 Å². The molecule has 80 valence electrons. The summed E-state index contributed by atoms with van der Waals surface area (Å²) in [5.41, 5.74) is 0. The molecule has 2 heterocycles. The van der Waals surface area contributed by atoms with Gasteiger partial charge in [-0.3, -0.25) is 0 Å². The number of rotatable bonds is 3. The van der Waals surface area contributed by atoms with Gasteiger partial charge in [-0.25, -0.2) is 4.98 Å². The summed E-state index contributed by atoms with van der Waals surface area (Å²) in [6.07, 6.45) is 0.436. The van der Waals surface area contributed by atoms with E-state index >= 15 is 0 Å². The number of aliphatic hydroxyl groups excluding tert-OH is 1. The molecule has 1 unspecified atom stereocenters. The van der Waals surface area contributed by atoms with E-state index in [1.165, 1.54) is 16.2 Å². The molecular weight excluding hydrogens is 294 g/mol. The summed E-state index contributed by atoms with van der Waals surface area (Å²) in [7, 11) is 0. The van der Waals surface area contributed by atoms with Crippen molar-refractivity contribution in [1.29, 1.82) is 0 Å². The Morgan fingerprint density at radius 3 is 2.87 bits per heavy atom. The van der Waals surface area contributed by atoms with Gasteiger partial charge in [-0.2, -0.15) is 0 Å². The fourth-order valence-corrected chi connectivity index (χ4v) is 3.53. The normalized spacial score (nSPS) is 13.0. The van der Waals surface area contributed by atoms with Gasteiger partial charge in [0.1, 0.15) is 15.7 Å². The van der Waals surface area contributed by atoms with Gasteiger partial charge < -0.3 is 5.11 Å². The standard InChI is InChI=1S/C10H10BrNOS2/c1-2-6-3-4-7(15-6)9(13)10-12-8(11)5-14-10/h3-5,9,13H,2H2,1H3. The van der Waals surface area contributed by atoms with E-state index in [1.54, 1.807) is 11.3 Å². The molecule has 0 fully saturated rings. The fraction of sp³-hybridized carbons (Fsp3) is 0.300. The van der Waals surface area contributed by atoms with Gasteiger partial charge in [-0.1, -0.05) is 6.92 Å². The Bertz CT molecular complexity index is 452. The van der Waals surface area contributed by atoms with E-state index in [4.69, 9.17) is 0 Å². The highest BCUT2D eigenvalue weighted by atomic mass is 79.9. The van der Waals surface area contributed by atoms with Crippen LogP contribution in [0.4, 0.5) is 0 Å². The fourth-order valence-electron chi connectivity index (χ4n) is 1.25. The van der Waals surface area contributed by atoms with Gasteiger partial charge in [0.25, 0.3) is 0 Å². The van der Waals surface area contributed by atoms with Gasteiger partial charge in [-0.05, 0) is 34.5 Å². The molecule has 0 amide bonds. The number of hydrogen-bond acceptors (Lipinski definition) is 4. The van der Waals surface area contributed by atoms with Crippen LogP contribution in [0.15, 0.2) is 22.1 Å². The predicted molar refractivity (Wildman–Crippen MR) is 67.6 cm³/mol. The third kappa shape index (κ3) is 2.47. The number of nitrogens with zero attached hydrogens (tertiary/aromatic N) is 1. The minimum atomic E-state index is -0.577. The molecular formula is C10H10BrNOS2. The topological polar surface area (TPSA) is 33.1 Å². The molecule has 0 aromatic carbocycles. The van der Waals surface area contributed by atoms with Crippen LogP contribution in [0.1, 0.15) is 27.8 Å². The minimum absolute atomic E-state index is 0.577. The van der Waals surface area contributed by atoms with Crippen molar-refractivity contribution in [2.75, 3.05) is 0 Å². The molecule has 0 aliphatic carbocycles. The van der Waals surface area contributed by atoms with Crippen LogP contribution < -0.4 is 0 Å². The molecule has 2 aromatic rings. The quantitative estimate of drug-likeness (QED) is 0.939. The van der Waals surface area contributed by atoms with Gasteiger partial charge >= 0.3 is 0 Å². The van der Waals surface area contributed by atoms with E-state index in [2.05, 4.69) is 33.9 Å². The lowest BCUT2D eigenvalue weighted by Crippen LogP contribution is -1.95. The first-order valence-electron chi connectivity index (χ1n) is 4.58. The second-order valence-electron chi connectivity index (χ2n) is 3.07. The molecule has 1 N–H and O–H groups in total. The second-order valence-corrected chi connectivity index (χ2v) is 5.97. The molecule has 0 bridgehead atoms. The van der Waals surface area contributed by atoms with E-state index in [0.29, 0.717) is 0 Å². The molecule has 2 rings (SSSR count). The molecule has 5 heteroatoms. The van der Waals surface area contributed by atoms with Crippen molar-refractivity contribution in [1.82, 2.24) is 4.98 Å². The number of aromatic nitrogens is 1. The molecule has 2 aromatic heterocycles. The van der Waals surface area contributed by atoms with Gasteiger partial charge in [0.05, 0.1) is 0 Å². The van der Waals surface area contributed by atoms with Crippen LogP contribution >= 0.6 is 38.6 Å². The van der Waals surface area contributed by atoms with E-state index in [0.717, 1.165) is 20.9 Å². The first-order valence-corrected chi connectivity index (χ1v) is 7.07. The third-order valence-electron chi connectivity index (χ3n) is 2.03. The SMILES string of the molecule is CCc1ccc(C(O)c2nc(Br)cs2)s1. The van der Waals surface area contributed by atoms with E-state index in [9.17, 15) is 5.11 Å². The zero-order valence-corrected chi connectivity index (χ0v) is 11.3. The molecule has 0 saturated heterocycles. The summed E-state index contributed by atoms with van der Waals surface area (Å²) in [4.78, 5) is 6.47. The number of hydrogen-bond donors (Lipinski definition) is 1. The van der Waals surface area contributed by atoms with E-state index < -0.39 is 6.10 Å². The maximum absolute atomic E-state index is 10.1. The van der Waals surface area contributed by atoms with Crippen molar-refractivity contribution >= 4 is 38.6 Å². The Labute approximate surface area is 105 Å². The first kappa shape index (κ1) is 11.3. The van der Waals surface area contributed by atoms with Crippen LogP contribution in [0.25, 0.3) is 0 Å². The summed E-state index contributed by atoms with van der Waals surface area (Å²) in [5, 5.41) is 12.7. The summed E-state index contributed by atoms with van der Waals surface area (Å²) in [5.74, 6) is 0. The monoisotopic (exact) mass is 303 g/mol. The first-order chi connectivity index (χ1) is 7.20. The average molecular weight is 304 g/mol. The van der Waals surface area contributed by atoms with Crippen LogP contribution in [-0.4, -0.2) is 10.1 Å². The van der Waals surface area contributed by atoms with Crippen LogP contribution in [0.5, 0.6) is 0 Å². The van der Waals surface area contributed by atoms with E-state index in [1.807, 2.05) is 11.4 Å². The number of halogens is 1. The molecule has 15 heavy (non-hydrogen) atoms. The van der Waals surface area contributed by atoms with Crippen molar-refractivity contribution in [3.8, 4) is 0 Å². The lowest BCUT2D eigenvalue weighted by Gasteiger charge is -2.03. The Morgan fingerprint density at radius 1 is 1.53 bits per heavy atom. The van der Waals surface area contributed by atoms with Crippen LogP contribution in [-0.2, 0) is 6.42 Å². The Morgan fingerprint density at radius 2 is 2.33 bits per heavy atom. The molecule has 0 spiro atoms. The minimum Gasteiger partial charge on any atom is -0.380 e. The summed E-state index contributed by atoms with van der Waals surface area (Å²) < 4.78 is 0.786. The number of aliphatic hydroxyl groups is 1. The van der Waals surface area contributed by atoms with Gasteiger partial charge in [0.2, 0.25) is 0 Å². The molecule has 2 nitrogen and oxygen atoms in total. The summed E-state index contributed by atoms with van der Waals surface area (Å²) in [6, 6.07) is 4.04. The maximum Gasteiger partial charge on any atom is 0.140 e. The highest BCUT2D eigenvalue weighted by Crippen LogP contribution is 2.31. The predicted octanol–water partition coefficient (Wildman–Crippen LogP) is 3.61. The number of thiophene rings is 1. The van der Waals surface area contributed by atoms with Crippen LogP contribution in [0, 0.1) is 0 Å². The van der Waals surface area contributed by atoms with E-state index in [-0.39, 0.29) is 0 Å². The average Bonchev–Trinajstić information content (AvgIpc) is 2.84. The number of aryl methyl sites for hydroxylation is 1. The smallest absolute Gasteiger partial charge is 0.140 e. The highest BCUT2D eigenvalue weighted by molar-refractivity contribution is 9.10. The maximum atomic E-state index is 10.1. The molecule has 1 atom stereocenters. The molecule has 0 saturated carbocycles. The van der Waals surface area contributed by atoms with Gasteiger partial charge in [0, 0.05) is 15.1 Å². The zero-order chi connectivity index (χ0) is 10.8. The third-order valence-corrected chi connectivity index (χ3v) is 4.92. The second kappa shape index (κ2) is 4.74. The lowest BCUT2D eigenvalue weighted by molar-refractivity contribution is 0.223. The highest BCUT2D eigenvalue weighted by Gasteiger charge is 2.16. The molecule has 0 radical (unpaired) electrons. The summed E-state index contributed by atoms with van der Waals surface area (Å²) >= 11 is 6.40. The zero-order valence-electron chi connectivity index (χ0n) is 8.11. The van der Waals surface area contributed by atoms with Crippen molar-refractivity contribution in [3.05, 3.63) is 36.9 Å². The van der Waals surface area contributed by atoms with Crippen molar-refractivity contribution in [3.63, 3.8) is 0 Å². The van der Waals surface area contributed by atoms with Gasteiger partial charge in [0.15, 0.2) is 0 Å². The summed E-state index contributed by atoms with van der Waals surface area (Å²) in [6.45, 7) is 2.11. The Hall–Kier alpha value is -0.230. The van der Waals surface area contributed by atoms with Crippen molar-refractivity contribution in [2.24, 2.45) is 0 Å². The molecule has 0 aliphatic rings. The van der Waals surface area contributed by atoms with Gasteiger partial charge in [-0.15, -0.1) is 22.7 Å². The Kier molecular flexibility index (Phi) is 3.56. The largest absolute Gasteiger partial charge is 0.380 e. The van der Waals surface area contributed by atoms with Crippen LogP contribution in [0.2, 0.25) is 0 Å². The molecule has 0 aliphatic heterocycles. The Balaban J connectivity index is 2.23.